The number of Topliss-reactive ketones (excluding diaryl/α,β-unsaturated/α-hetero) is 2. The molecule has 0 amide bonds. The number of benzene rings is 1. The van der Waals surface area contributed by atoms with E-state index in [-0.39, 0.29) is 29.3 Å². The number of carbonyl (C=O) groups is 2. The summed E-state index contributed by atoms with van der Waals surface area (Å²) in [7, 11) is 0. The van der Waals surface area contributed by atoms with Gasteiger partial charge in [0.05, 0.1) is 5.92 Å². The second-order valence-electron chi connectivity index (χ2n) is 5.69. The van der Waals surface area contributed by atoms with Gasteiger partial charge in [-0.15, -0.1) is 0 Å². The van der Waals surface area contributed by atoms with Crippen LogP contribution in [0.5, 0.6) is 0 Å². The van der Waals surface area contributed by atoms with Crippen LogP contribution in [0.3, 0.4) is 0 Å². The number of rotatable bonds is 2. The second-order valence-corrected chi connectivity index (χ2v) is 5.69. The average molecular weight is 242 g/mol. The highest BCUT2D eigenvalue weighted by molar-refractivity contribution is 6.14. The van der Waals surface area contributed by atoms with Crippen molar-refractivity contribution in [2.45, 2.75) is 25.8 Å². The van der Waals surface area contributed by atoms with Gasteiger partial charge in [0.15, 0.2) is 5.78 Å². The molecule has 2 unspecified atom stereocenters. The molecule has 2 aliphatic carbocycles. The van der Waals surface area contributed by atoms with Crippen molar-refractivity contribution in [1.29, 1.82) is 0 Å². The lowest BCUT2D eigenvalue weighted by molar-refractivity contribution is -0.127. The molecule has 1 aromatic rings. The molecule has 1 radical (unpaired) electrons. The summed E-state index contributed by atoms with van der Waals surface area (Å²) in [6.07, 6.45) is 1.81. The van der Waals surface area contributed by atoms with Crippen LogP contribution >= 0.6 is 0 Å². The molecule has 0 aromatic heterocycles. The number of ketones is 2. The molecule has 0 aliphatic heterocycles. The third kappa shape index (κ3) is 1.25. The predicted octanol–water partition coefficient (Wildman–Crippen LogP) is 2.24. The first-order chi connectivity index (χ1) is 8.50. The van der Waals surface area contributed by atoms with Crippen LogP contribution in [-0.4, -0.2) is 17.1 Å². The van der Waals surface area contributed by atoms with Crippen LogP contribution in [0.15, 0.2) is 30.3 Å². The number of hydrogen-bond donors (Lipinski definition) is 1. The average Bonchev–Trinajstić information content (AvgIpc) is 2.84. The summed E-state index contributed by atoms with van der Waals surface area (Å²) in [6.45, 7) is 3.98. The Morgan fingerprint density at radius 1 is 1.17 bits per heavy atom. The normalized spacial score (nSPS) is 32.9. The highest BCUT2D eigenvalue weighted by Gasteiger charge is 2.79. The van der Waals surface area contributed by atoms with Gasteiger partial charge in [0.2, 0.25) is 0 Å². The number of para-hydroxylation sites is 1. The van der Waals surface area contributed by atoms with Crippen LogP contribution in [0.25, 0.3) is 0 Å². The largest absolute Gasteiger partial charge is 0.372 e. The zero-order chi connectivity index (χ0) is 13.0. The predicted molar refractivity (Wildman–Crippen MR) is 69.0 cm³/mol. The van der Waals surface area contributed by atoms with Crippen molar-refractivity contribution < 1.29 is 9.59 Å². The molecule has 2 atom stereocenters. The molecule has 0 bridgehead atoms. The topological polar surface area (TPSA) is 46.2 Å². The Hall–Kier alpha value is -1.64. The van der Waals surface area contributed by atoms with Gasteiger partial charge in [-0.05, 0) is 12.1 Å². The molecule has 0 spiro atoms. The molecule has 1 N–H and O–H groups in total. The lowest BCUT2D eigenvalue weighted by atomic mass is 9.92. The molecule has 2 saturated carbocycles. The number of nitrogens with one attached hydrogen (secondary N) is 1. The third-order valence-corrected chi connectivity index (χ3v) is 4.40. The molecule has 2 aliphatic rings. The fourth-order valence-electron chi connectivity index (χ4n) is 3.38. The molecule has 1 aromatic carbocycles. The minimum atomic E-state index is -0.719. The van der Waals surface area contributed by atoms with Gasteiger partial charge in [-0.25, -0.2) is 0 Å². The van der Waals surface area contributed by atoms with Crippen molar-refractivity contribution in [2.24, 2.45) is 11.3 Å². The van der Waals surface area contributed by atoms with Gasteiger partial charge in [-0.1, -0.05) is 32.0 Å². The first-order valence-corrected chi connectivity index (χ1v) is 6.24. The maximum atomic E-state index is 12.3. The van der Waals surface area contributed by atoms with Crippen molar-refractivity contribution in [2.75, 3.05) is 5.32 Å². The molecule has 3 rings (SSSR count). The lowest BCUT2D eigenvalue weighted by Crippen LogP contribution is -2.41. The molecule has 3 nitrogen and oxygen atoms in total. The van der Waals surface area contributed by atoms with Crippen molar-refractivity contribution in [3.8, 4) is 0 Å². The molecule has 18 heavy (non-hydrogen) atoms. The maximum Gasteiger partial charge on any atom is 0.163 e. The Morgan fingerprint density at radius 3 is 2.50 bits per heavy atom. The number of hydrogen-bond acceptors (Lipinski definition) is 3. The molecule has 3 heteroatoms. The Kier molecular flexibility index (Phi) is 2.19. The van der Waals surface area contributed by atoms with E-state index >= 15 is 0 Å². The van der Waals surface area contributed by atoms with E-state index in [1.165, 1.54) is 6.42 Å². The Morgan fingerprint density at radius 2 is 1.83 bits per heavy atom. The third-order valence-electron chi connectivity index (χ3n) is 4.40. The zero-order valence-electron chi connectivity index (χ0n) is 10.6. The molecule has 0 saturated heterocycles. The number of anilines is 1. The Labute approximate surface area is 107 Å². The fourth-order valence-corrected chi connectivity index (χ4v) is 3.38. The molecular formula is C15H16NO2. The van der Waals surface area contributed by atoms with Gasteiger partial charge in [0, 0.05) is 23.9 Å². The van der Waals surface area contributed by atoms with Crippen molar-refractivity contribution >= 4 is 17.3 Å². The highest BCUT2D eigenvalue weighted by Crippen LogP contribution is 2.66. The van der Waals surface area contributed by atoms with Crippen molar-refractivity contribution in [3.63, 3.8) is 0 Å². The van der Waals surface area contributed by atoms with E-state index in [2.05, 4.69) is 5.32 Å². The molecule has 0 heterocycles. The van der Waals surface area contributed by atoms with E-state index in [4.69, 9.17) is 0 Å². The van der Waals surface area contributed by atoms with E-state index in [0.717, 1.165) is 5.69 Å². The van der Waals surface area contributed by atoms with Gasteiger partial charge >= 0.3 is 0 Å². The van der Waals surface area contributed by atoms with Gasteiger partial charge in [0.1, 0.15) is 11.3 Å². The monoisotopic (exact) mass is 242 g/mol. The van der Waals surface area contributed by atoms with Crippen LogP contribution < -0.4 is 5.32 Å². The van der Waals surface area contributed by atoms with Gasteiger partial charge in [-0.2, -0.15) is 0 Å². The smallest absolute Gasteiger partial charge is 0.163 e. The summed E-state index contributed by atoms with van der Waals surface area (Å²) in [4.78, 5) is 24.2. The first kappa shape index (κ1) is 11.5. The summed E-state index contributed by atoms with van der Waals surface area (Å²) in [5, 5.41) is 3.30. The summed E-state index contributed by atoms with van der Waals surface area (Å²) in [5.41, 5.74) is -0.127. The van der Waals surface area contributed by atoms with Gasteiger partial charge in [0.25, 0.3) is 0 Å². The highest BCUT2D eigenvalue weighted by atomic mass is 16.1. The molecule has 2 fully saturated rings. The van der Waals surface area contributed by atoms with Crippen LogP contribution in [0, 0.1) is 17.8 Å². The SMILES string of the molecule is CC1(C)C2C(=O)C[CH]C(=O)C21Nc1ccccc1. The van der Waals surface area contributed by atoms with E-state index < -0.39 is 5.54 Å². The zero-order valence-corrected chi connectivity index (χ0v) is 10.6. The minimum absolute atomic E-state index is 0.0564. The number of carbonyl (C=O) groups excluding carboxylic acids is 2. The van der Waals surface area contributed by atoms with E-state index in [1.54, 1.807) is 0 Å². The number of fused-ring (bicyclic) bond motifs is 1. The Balaban J connectivity index is 1.98. The quantitative estimate of drug-likeness (QED) is 0.865. The maximum absolute atomic E-state index is 12.3. The summed E-state index contributed by atoms with van der Waals surface area (Å²) < 4.78 is 0. The second kappa shape index (κ2) is 3.44. The van der Waals surface area contributed by atoms with Crippen molar-refractivity contribution in [3.05, 3.63) is 36.8 Å². The van der Waals surface area contributed by atoms with Crippen LogP contribution in [-0.2, 0) is 9.59 Å². The Bertz CT molecular complexity index is 521. The fraction of sp³-hybridized carbons (Fsp3) is 0.400. The van der Waals surface area contributed by atoms with Crippen LogP contribution in [0.1, 0.15) is 20.3 Å². The van der Waals surface area contributed by atoms with Crippen LogP contribution in [0.2, 0.25) is 0 Å². The lowest BCUT2D eigenvalue weighted by Gasteiger charge is -2.24. The van der Waals surface area contributed by atoms with E-state index in [0.29, 0.717) is 0 Å². The molecule has 93 valence electrons. The van der Waals surface area contributed by atoms with Gasteiger partial charge < -0.3 is 5.32 Å². The van der Waals surface area contributed by atoms with Crippen molar-refractivity contribution in [1.82, 2.24) is 0 Å². The van der Waals surface area contributed by atoms with Crippen LogP contribution in [0.4, 0.5) is 5.69 Å². The standard InChI is InChI=1S/C15H16NO2/c1-14(2)13-11(17)8-9-12(18)15(13,14)16-10-6-4-3-5-7-10/h3-7,9,13,16H,8H2,1-2H3. The van der Waals surface area contributed by atoms with Gasteiger partial charge in [-0.3, -0.25) is 9.59 Å². The molecular weight excluding hydrogens is 226 g/mol. The summed E-state index contributed by atoms with van der Waals surface area (Å²) in [5.74, 6) is 0.0340. The first-order valence-electron chi connectivity index (χ1n) is 6.24. The van der Waals surface area contributed by atoms with E-state index in [1.807, 2.05) is 44.2 Å². The summed E-state index contributed by atoms with van der Waals surface area (Å²) >= 11 is 0. The minimum Gasteiger partial charge on any atom is -0.372 e. The summed E-state index contributed by atoms with van der Waals surface area (Å²) in [6, 6.07) is 9.61. The van der Waals surface area contributed by atoms with E-state index in [9.17, 15) is 9.59 Å².